The highest BCUT2D eigenvalue weighted by molar-refractivity contribution is 7.81. The van der Waals surface area contributed by atoms with Gasteiger partial charge in [0.1, 0.15) is 18.2 Å². The Hall–Kier alpha value is -3.78. The molecule has 11 heteroatoms. The van der Waals surface area contributed by atoms with Crippen LogP contribution in [0, 0.1) is 17.1 Å². The summed E-state index contributed by atoms with van der Waals surface area (Å²) in [6, 6.07) is 6.06. The molecule has 1 aromatic carbocycles. The number of carbonyl (C=O) groups is 1. The van der Waals surface area contributed by atoms with E-state index in [0.717, 1.165) is 17.2 Å². The summed E-state index contributed by atoms with van der Waals surface area (Å²) in [6.45, 7) is 7.27. The molecule has 2 fully saturated rings. The van der Waals surface area contributed by atoms with Gasteiger partial charge in [-0.15, -0.1) is 0 Å². The number of amides is 1. The van der Waals surface area contributed by atoms with Crippen LogP contribution in [0.4, 0.5) is 28.9 Å². The van der Waals surface area contributed by atoms with Gasteiger partial charge in [0.15, 0.2) is 22.4 Å². The Balaban J connectivity index is 1.76. The first-order valence-corrected chi connectivity index (χ1v) is 10.8. The van der Waals surface area contributed by atoms with Crippen LogP contribution in [0.25, 0.3) is 0 Å². The molecule has 1 aliphatic carbocycles. The number of thiocarbonyl (C=S) groups is 1. The Morgan fingerprint density at radius 2 is 2.03 bits per heavy atom. The van der Waals surface area contributed by atoms with Crippen LogP contribution in [0.3, 0.4) is 0 Å². The predicted molar refractivity (Wildman–Crippen MR) is 124 cm³/mol. The van der Waals surface area contributed by atoms with Gasteiger partial charge in [-0.05, 0) is 55.3 Å². The fraction of sp³-hybridized carbons (Fsp3) is 0.250. The highest BCUT2D eigenvalue weighted by Gasteiger charge is 2.59. The van der Waals surface area contributed by atoms with Gasteiger partial charge in [0.2, 0.25) is 0 Å². The van der Waals surface area contributed by atoms with Gasteiger partial charge in [0.05, 0.1) is 17.4 Å². The second-order valence-corrected chi connectivity index (χ2v) is 8.47. The van der Waals surface area contributed by atoms with Gasteiger partial charge in [-0.3, -0.25) is 9.69 Å². The Kier molecular flexibility index (Phi) is 6.11. The van der Waals surface area contributed by atoms with Gasteiger partial charge in [0, 0.05) is 11.8 Å². The quantitative estimate of drug-likeness (QED) is 0.304. The number of aromatic nitrogens is 1. The molecule has 0 unspecified atom stereocenters. The third-order valence-electron chi connectivity index (χ3n) is 6.01. The van der Waals surface area contributed by atoms with Gasteiger partial charge in [-0.1, -0.05) is 19.2 Å². The van der Waals surface area contributed by atoms with Crippen molar-refractivity contribution < 1.29 is 27.1 Å². The van der Waals surface area contributed by atoms with Crippen molar-refractivity contribution in [3.8, 4) is 11.8 Å². The molecule has 180 valence electrons. The van der Waals surface area contributed by atoms with Gasteiger partial charge in [0.25, 0.3) is 5.91 Å². The molecule has 0 radical (unpaired) electrons. The molecule has 35 heavy (non-hydrogen) atoms. The van der Waals surface area contributed by atoms with Crippen molar-refractivity contribution in [1.29, 1.82) is 5.26 Å². The van der Waals surface area contributed by atoms with E-state index in [1.54, 1.807) is 0 Å². The zero-order valence-corrected chi connectivity index (χ0v) is 19.0. The second kappa shape index (κ2) is 8.78. The lowest BCUT2D eigenvalue weighted by atomic mass is 9.75. The SMILES string of the molecule is C=CC(=C)COc1cc(N2C(=S)N(c3cnc(C#N)c(C(F)(F)F)c3)C(=O)C23CCC3)ccc1F. The first-order valence-electron chi connectivity index (χ1n) is 10.4. The van der Waals surface area contributed by atoms with Gasteiger partial charge in [-0.25, -0.2) is 9.37 Å². The van der Waals surface area contributed by atoms with E-state index in [4.69, 9.17) is 22.2 Å². The zero-order chi connectivity index (χ0) is 25.5. The number of carbonyl (C=O) groups excluding carboxylic acids is 1. The normalized spacial score (nSPS) is 16.8. The van der Waals surface area contributed by atoms with Crippen molar-refractivity contribution >= 4 is 34.6 Å². The first-order chi connectivity index (χ1) is 16.5. The maximum Gasteiger partial charge on any atom is 0.419 e. The highest BCUT2D eigenvalue weighted by atomic mass is 32.1. The monoisotopic (exact) mass is 502 g/mol. The third kappa shape index (κ3) is 4.04. The van der Waals surface area contributed by atoms with Crippen LogP contribution in [0.15, 0.2) is 55.3 Å². The molecule has 1 aromatic heterocycles. The zero-order valence-electron chi connectivity index (χ0n) is 18.2. The Morgan fingerprint density at radius 3 is 2.60 bits per heavy atom. The molecular weight excluding hydrogens is 484 g/mol. The van der Waals surface area contributed by atoms with Crippen molar-refractivity contribution in [3.63, 3.8) is 0 Å². The van der Waals surface area contributed by atoms with Gasteiger partial charge in [-0.2, -0.15) is 18.4 Å². The molecule has 4 rings (SSSR count). The number of anilines is 2. The lowest BCUT2D eigenvalue weighted by Gasteiger charge is -2.43. The van der Waals surface area contributed by atoms with Crippen molar-refractivity contribution in [2.45, 2.75) is 31.0 Å². The maximum atomic E-state index is 14.4. The number of benzene rings is 1. The summed E-state index contributed by atoms with van der Waals surface area (Å²) in [4.78, 5) is 19.6. The Labute approximate surface area is 203 Å². The number of hydrogen-bond donors (Lipinski definition) is 0. The predicted octanol–water partition coefficient (Wildman–Crippen LogP) is 5.29. The van der Waals surface area contributed by atoms with Crippen molar-refractivity contribution in [2.24, 2.45) is 0 Å². The molecule has 0 N–H and O–H groups in total. The molecule has 2 aliphatic rings. The average molecular weight is 502 g/mol. The summed E-state index contributed by atoms with van der Waals surface area (Å²) in [5, 5.41) is 8.94. The van der Waals surface area contributed by atoms with Crippen LogP contribution in [0.5, 0.6) is 5.75 Å². The van der Waals surface area contributed by atoms with E-state index in [2.05, 4.69) is 18.1 Å². The number of alkyl halides is 3. The van der Waals surface area contributed by atoms with Crippen LogP contribution >= 0.6 is 12.2 Å². The lowest BCUT2D eigenvalue weighted by Crippen LogP contribution is -2.55. The molecule has 0 bridgehead atoms. The van der Waals surface area contributed by atoms with Crippen LogP contribution < -0.4 is 14.5 Å². The molecule has 1 aliphatic heterocycles. The standard InChI is InChI=1S/C24H18F4N4O2S/c1-3-14(2)13-34-20-10-15(5-6-18(20)25)32-22(35)31(21(33)23(32)7-4-8-23)16-9-17(24(26,27)28)19(11-29)30-12-16/h3,5-6,9-10,12H,1-2,4,7-8,13H2. The molecule has 6 nitrogen and oxygen atoms in total. The van der Waals surface area contributed by atoms with Gasteiger partial charge >= 0.3 is 6.18 Å². The molecule has 2 aromatic rings. The molecule has 1 saturated heterocycles. The van der Waals surface area contributed by atoms with E-state index in [1.165, 1.54) is 29.2 Å². The van der Waals surface area contributed by atoms with E-state index in [9.17, 15) is 22.4 Å². The second-order valence-electron chi connectivity index (χ2n) is 8.11. The van der Waals surface area contributed by atoms with E-state index in [1.807, 2.05) is 0 Å². The van der Waals surface area contributed by atoms with Crippen molar-refractivity contribution in [3.05, 3.63) is 72.3 Å². The van der Waals surface area contributed by atoms with Crippen LogP contribution in [0.1, 0.15) is 30.5 Å². The molecule has 0 atom stereocenters. The van der Waals surface area contributed by atoms with Crippen LogP contribution in [0.2, 0.25) is 0 Å². The minimum atomic E-state index is -4.86. The summed E-state index contributed by atoms with van der Waals surface area (Å²) in [7, 11) is 0. The average Bonchev–Trinajstić information content (AvgIpc) is 3.04. The molecule has 1 spiro atoms. The summed E-state index contributed by atoms with van der Waals surface area (Å²) in [6.07, 6.45) is -0.878. The number of pyridine rings is 1. The molecule has 1 amide bonds. The smallest absolute Gasteiger partial charge is 0.419 e. The van der Waals surface area contributed by atoms with Crippen LogP contribution in [-0.2, 0) is 11.0 Å². The van der Waals surface area contributed by atoms with Crippen molar-refractivity contribution in [1.82, 2.24) is 4.98 Å². The topological polar surface area (TPSA) is 69.5 Å². The fourth-order valence-electron chi connectivity index (χ4n) is 4.06. The number of hydrogen-bond acceptors (Lipinski definition) is 5. The van der Waals surface area contributed by atoms with E-state index in [0.29, 0.717) is 36.6 Å². The molecular formula is C24H18F4N4O2S. The summed E-state index contributed by atoms with van der Waals surface area (Å²) >= 11 is 5.55. The Morgan fingerprint density at radius 1 is 1.31 bits per heavy atom. The van der Waals surface area contributed by atoms with E-state index in [-0.39, 0.29) is 23.2 Å². The third-order valence-corrected chi connectivity index (χ3v) is 6.38. The number of ether oxygens (including phenoxy) is 1. The number of rotatable bonds is 6. The van der Waals surface area contributed by atoms with E-state index < -0.39 is 34.7 Å². The van der Waals surface area contributed by atoms with Crippen molar-refractivity contribution in [2.75, 3.05) is 16.4 Å². The maximum absolute atomic E-state index is 14.4. The highest BCUT2D eigenvalue weighted by Crippen LogP contribution is 2.48. The summed E-state index contributed by atoms with van der Waals surface area (Å²) in [5.41, 5.74) is -2.53. The fourth-order valence-corrected chi connectivity index (χ4v) is 4.53. The molecule has 1 saturated carbocycles. The lowest BCUT2D eigenvalue weighted by molar-refractivity contribution is -0.138. The van der Waals surface area contributed by atoms with Gasteiger partial charge < -0.3 is 9.64 Å². The largest absolute Gasteiger partial charge is 0.486 e. The minimum Gasteiger partial charge on any atom is -0.486 e. The first kappa shape index (κ1) is 24.3. The summed E-state index contributed by atoms with van der Waals surface area (Å²) < 4.78 is 60.4. The number of nitriles is 1. The van der Waals surface area contributed by atoms with E-state index >= 15 is 0 Å². The molecule has 2 heterocycles. The Bertz CT molecular complexity index is 1300. The summed E-state index contributed by atoms with van der Waals surface area (Å²) in [5.74, 6) is -1.26. The number of nitrogens with zero attached hydrogens (tertiary/aromatic N) is 4. The number of halogens is 4. The minimum absolute atomic E-state index is 0.0123. The van der Waals surface area contributed by atoms with Crippen LogP contribution in [-0.4, -0.2) is 28.1 Å².